The van der Waals surface area contributed by atoms with Crippen molar-refractivity contribution in [3.05, 3.63) is 24.0 Å². The number of aromatic nitrogens is 1. The fourth-order valence-electron chi connectivity index (χ4n) is 1.21. The summed E-state index contributed by atoms with van der Waals surface area (Å²) < 4.78 is 0. The summed E-state index contributed by atoms with van der Waals surface area (Å²) in [6.45, 7) is 7.46. The molecule has 1 aromatic heterocycles. The first kappa shape index (κ1) is 11.5. The average Bonchev–Trinajstić information content (AvgIpc) is 2.16. The lowest BCUT2D eigenvalue weighted by Gasteiger charge is -2.18. The Labute approximate surface area is 91.1 Å². The van der Waals surface area contributed by atoms with Gasteiger partial charge in [-0.25, -0.2) is 4.98 Å². The van der Waals surface area contributed by atoms with Crippen LogP contribution in [-0.2, 0) is 0 Å². The summed E-state index contributed by atoms with van der Waals surface area (Å²) in [5, 5.41) is 12.1. The zero-order valence-electron chi connectivity index (χ0n) is 9.54. The van der Waals surface area contributed by atoms with E-state index in [1.807, 2.05) is 12.1 Å². The molecule has 0 aliphatic heterocycles. The maximum absolute atomic E-state index is 8.83. The van der Waals surface area contributed by atoms with Crippen LogP contribution in [0.3, 0.4) is 0 Å². The summed E-state index contributed by atoms with van der Waals surface area (Å²) in [5.74, 6) is 0. The highest BCUT2D eigenvalue weighted by Gasteiger charge is 2.09. The first-order valence-corrected chi connectivity index (χ1v) is 5.12. The van der Waals surface area contributed by atoms with Crippen molar-refractivity contribution < 1.29 is 0 Å². The summed E-state index contributed by atoms with van der Waals surface area (Å²) in [6, 6.07) is 5.79. The van der Waals surface area contributed by atoms with Gasteiger partial charge in [-0.2, -0.15) is 5.26 Å². The molecule has 1 N–H and O–H groups in total. The number of nitrogens with one attached hydrogen (secondary N) is 1. The monoisotopic (exact) mass is 203 g/mol. The quantitative estimate of drug-likeness (QED) is 0.821. The second-order valence-electron chi connectivity index (χ2n) is 4.75. The molecule has 1 rings (SSSR count). The number of nitriles is 1. The van der Waals surface area contributed by atoms with Gasteiger partial charge in [0, 0.05) is 12.7 Å². The lowest BCUT2D eigenvalue weighted by molar-refractivity contribution is 0.390. The van der Waals surface area contributed by atoms with Gasteiger partial charge in [0.15, 0.2) is 5.69 Å². The van der Waals surface area contributed by atoms with Gasteiger partial charge < -0.3 is 5.32 Å². The SMILES string of the molecule is CC(C)(C)CCNc1cccnc1C#N. The van der Waals surface area contributed by atoms with Crippen LogP contribution in [0.4, 0.5) is 5.69 Å². The minimum Gasteiger partial charge on any atom is -0.383 e. The Morgan fingerprint density at radius 3 is 2.80 bits per heavy atom. The van der Waals surface area contributed by atoms with Crippen LogP contribution in [0, 0.1) is 16.7 Å². The summed E-state index contributed by atoms with van der Waals surface area (Å²) in [4.78, 5) is 3.99. The zero-order chi connectivity index (χ0) is 11.3. The van der Waals surface area contributed by atoms with Crippen LogP contribution >= 0.6 is 0 Å². The van der Waals surface area contributed by atoms with Gasteiger partial charge in [-0.1, -0.05) is 20.8 Å². The standard InChI is InChI=1S/C12H17N3/c1-12(2,3)6-8-15-10-5-4-7-14-11(10)9-13/h4-5,7,15H,6,8H2,1-3H3. The van der Waals surface area contributed by atoms with Gasteiger partial charge in [0.05, 0.1) is 5.69 Å². The van der Waals surface area contributed by atoms with Crippen LogP contribution in [0.15, 0.2) is 18.3 Å². The molecule has 0 radical (unpaired) electrons. The molecule has 0 saturated heterocycles. The van der Waals surface area contributed by atoms with E-state index in [0.29, 0.717) is 11.1 Å². The molecule has 1 aromatic rings. The third-order valence-electron chi connectivity index (χ3n) is 2.10. The summed E-state index contributed by atoms with van der Waals surface area (Å²) in [6.07, 6.45) is 2.69. The Morgan fingerprint density at radius 1 is 1.47 bits per heavy atom. The smallest absolute Gasteiger partial charge is 0.163 e. The van der Waals surface area contributed by atoms with Crippen molar-refractivity contribution in [1.29, 1.82) is 5.26 Å². The molecular weight excluding hydrogens is 186 g/mol. The summed E-state index contributed by atoms with van der Waals surface area (Å²) in [5.41, 5.74) is 1.60. The topological polar surface area (TPSA) is 48.7 Å². The lowest BCUT2D eigenvalue weighted by atomic mass is 9.92. The minimum atomic E-state index is 0.308. The van der Waals surface area contributed by atoms with E-state index < -0.39 is 0 Å². The second-order valence-corrected chi connectivity index (χ2v) is 4.75. The van der Waals surface area contributed by atoms with Crippen LogP contribution in [0.1, 0.15) is 32.9 Å². The summed E-state index contributed by atoms with van der Waals surface area (Å²) >= 11 is 0. The fraction of sp³-hybridized carbons (Fsp3) is 0.500. The van der Waals surface area contributed by atoms with Gasteiger partial charge in [-0.05, 0) is 24.0 Å². The molecule has 3 nitrogen and oxygen atoms in total. The molecule has 1 heterocycles. The molecule has 0 unspecified atom stereocenters. The Kier molecular flexibility index (Phi) is 3.68. The number of rotatable bonds is 3. The lowest BCUT2D eigenvalue weighted by Crippen LogP contribution is -2.13. The number of hydrogen-bond acceptors (Lipinski definition) is 3. The predicted octanol–water partition coefficient (Wildman–Crippen LogP) is 2.80. The van der Waals surface area contributed by atoms with Crippen molar-refractivity contribution in [2.24, 2.45) is 5.41 Å². The van der Waals surface area contributed by atoms with Crippen LogP contribution < -0.4 is 5.32 Å². The van der Waals surface area contributed by atoms with Gasteiger partial charge in [0.25, 0.3) is 0 Å². The van der Waals surface area contributed by atoms with Crippen LogP contribution in [-0.4, -0.2) is 11.5 Å². The largest absolute Gasteiger partial charge is 0.383 e. The van der Waals surface area contributed by atoms with Crippen molar-refractivity contribution in [3.8, 4) is 6.07 Å². The number of pyridine rings is 1. The highest BCUT2D eigenvalue weighted by Crippen LogP contribution is 2.19. The van der Waals surface area contributed by atoms with E-state index in [2.05, 4.69) is 37.1 Å². The van der Waals surface area contributed by atoms with Crippen molar-refractivity contribution in [2.45, 2.75) is 27.2 Å². The first-order chi connectivity index (χ1) is 7.03. The molecule has 0 aliphatic carbocycles. The Bertz CT molecular complexity index is 358. The molecule has 0 atom stereocenters. The third kappa shape index (κ3) is 3.99. The van der Waals surface area contributed by atoms with E-state index in [9.17, 15) is 0 Å². The fourth-order valence-corrected chi connectivity index (χ4v) is 1.21. The van der Waals surface area contributed by atoms with E-state index in [1.54, 1.807) is 6.20 Å². The van der Waals surface area contributed by atoms with Crippen molar-refractivity contribution >= 4 is 5.69 Å². The van der Waals surface area contributed by atoms with Crippen molar-refractivity contribution in [1.82, 2.24) is 4.98 Å². The Morgan fingerprint density at radius 2 is 2.20 bits per heavy atom. The minimum absolute atomic E-state index is 0.308. The molecule has 0 amide bonds. The first-order valence-electron chi connectivity index (χ1n) is 5.12. The van der Waals surface area contributed by atoms with E-state index >= 15 is 0 Å². The zero-order valence-corrected chi connectivity index (χ0v) is 9.54. The Hall–Kier alpha value is -1.56. The maximum Gasteiger partial charge on any atom is 0.163 e. The molecule has 80 valence electrons. The highest BCUT2D eigenvalue weighted by molar-refractivity contribution is 5.53. The van der Waals surface area contributed by atoms with Gasteiger partial charge in [0.2, 0.25) is 0 Å². The second kappa shape index (κ2) is 4.79. The maximum atomic E-state index is 8.83. The van der Waals surface area contributed by atoms with Crippen LogP contribution in [0.2, 0.25) is 0 Å². The van der Waals surface area contributed by atoms with E-state index in [-0.39, 0.29) is 0 Å². The van der Waals surface area contributed by atoms with Crippen molar-refractivity contribution in [3.63, 3.8) is 0 Å². The van der Waals surface area contributed by atoms with E-state index in [0.717, 1.165) is 18.7 Å². The molecule has 0 aromatic carbocycles. The normalized spacial score (nSPS) is 10.8. The van der Waals surface area contributed by atoms with E-state index in [4.69, 9.17) is 5.26 Å². The summed E-state index contributed by atoms with van der Waals surface area (Å²) in [7, 11) is 0. The van der Waals surface area contributed by atoms with Gasteiger partial charge in [-0.3, -0.25) is 0 Å². The molecule has 0 bridgehead atoms. The van der Waals surface area contributed by atoms with Gasteiger partial charge >= 0.3 is 0 Å². The van der Waals surface area contributed by atoms with Crippen LogP contribution in [0.25, 0.3) is 0 Å². The number of hydrogen-bond donors (Lipinski definition) is 1. The van der Waals surface area contributed by atoms with Crippen molar-refractivity contribution in [2.75, 3.05) is 11.9 Å². The average molecular weight is 203 g/mol. The molecule has 3 heteroatoms. The predicted molar refractivity (Wildman–Crippen MR) is 61.5 cm³/mol. The molecule has 0 fully saturated rings. The molecule has 0 spiro atoms. The van der Waals surface area contributed by atoms with Gasteiger partial charge in [-0.15, -0.1) is 0 Å². The van der Waals surface area contributed by atoms with Crippen LogP contribution in [0.5, 0.6) is 0 Å². The number of nitrogens with zero attached hydrogens (tertiary/aromatic N) is 2. The van der Waals surface area contributed by atoms with E-state index in [1.165, 1.54) is 0 Å². The third-order valence-corrected chi connectivity index (χ3v) is 2.10. The van der Waals surface area contributed by atoms with Gasteiger partial charge in [0.1, 0.15) is 6.07 Å². The molecular formula is C12H17N3. The molecule has 0 saturated carbocycles. The number of anilines is 1. The molecule has 0 aliphatic rings. The Balaban J connectivity index is 2.55. The highest BCUT2D eigenvalue weighted by atomic mass is 14.9. The molecule has 15 heavy (non-hydrogen) atoms.